The SMILES string of the molecule is COC(=O)CCc1ccc(OC(C)C)c(C(=O)O)c1. The van der Waals surface area contributed by atoms with Gasteiger partial charge < -0.3 is 14.6 Å². The number of carboxylic acids is 1. The van der Waals surface area contributed by atoms with Crippen LogP contribution in [-0.4, -0.2) is 30.3 Å². The third-order valence-electron chi connectivity index (χ3n) is 2.48. The smallest absolute Gasteiger partial charge is 0.339 e. The Hall–Kier alpha value is -2.04. The molecule has 1 rings (SSSR count). The lowest BCUT2D eigenvalue weighted by Crippen LogP contribution is -2.10. The van der Waals surface area contributed by atoms with E-state index in [4.69, 9.17) is 9.84 Å². The first-order valence-electron chi connectivity index (χ1n) is 6.03. The van der Waals surface area contributed by atoms with Crippen molar-refractivity contribution in [2.75, 3.05) is 7.11 Å². The highest BCUT2D eigenvalue weighted by molar-refractivity contribution is 5.91. The van der Waals surface area contributed by atoms with Crippen LogP contribution < -0.4 is 4.74 Å². The second kappa shape index (κ2) is 6.78. The summed E-state index contributed by atoms with van der Waals surface area (Å²) in [6.07, 6.45) is 0.563. The summed E-state index contributed by atoms with van der Waals surface area (Å²) in [7, 11) is 1.32. The van der Waals surface area contributed by atoms with Crippen LogP contribution in [0, 0.1) is 0 Å². The fourth-order valence-electron chi connectivity index (χ4n) is 1.60. The van der Waals surface area contributed by atoms with E-state index in [1.54, 1.807) is 12.1 Å². The molecule has 1 N–H and O–H groups in total. The minimum absolute atomic E-state index is 0.0981. The first-order chi connectivity index (χ1) is 8.93. The molecule has 0 unspecified atom stereocenters. The number of carbonyl (C=O) groups excluding carboxylic acids is 1. The number of benzene rings is 1. The van der Waals surface area contributed by atoms with Crippen molar-refractivity contribution in [3.05, 3.63) is 29.3 Å². The average Bonchev–Trinajstić information content (AvgIpc) is 2.36. The van der Waals surface area contributed by atoms with Crippen LogP contribution in [0.25, 0.3) is 0 Å². The summed E-state index contributed by atoms with van der Waals surface area (Å²) >= 11 is 0. The number of carboxylic acid groups (broad SMARTS) is 1. The average molecular weight is 266 g/mol. The standard InChI is InChI=1S/C14H18O5/c1-9(2)19-12-6-4-10(5-7-13(15)18-3)8-11(12)14(16)17/h4,6,8-9H,5,7H2,1-3H3,(H,16,17). The highest BCUT2D eigenvalue weighted by atomic mass is 16.5. The van der Waals surface area contributed by atoms with Crippen LogP contribution in [0.2, 0.25) is 0 Å². The third kappa shape index (κ3) is 4.62. The highest BCUT2D eigenvalue weighted by Crippen LogP contribution is 2.22. The van der Waals surface area contributed by atoms with Crippen molar-refractivity contribution in [2.45, 2.75) is 32.8 Å². The molecule has 0 atom stereocenters. The van der Waals surface area contributed by atoms with E-state index in [0.29, 0.717) is 12.2 Å². The first-order valence-corrected chi connectivity index (χ1v) is 6.03. The van der Waals surface area contributed by atoms with Gasteiger partial charge in [0.25, 0.3) is 0 Å². The molecule has 1 aromatic rings. The molecule has 0 amide bonds. The lowest BCUT2D eigenvalue weighted by molar-refractivity contribution is -0.140. The third-order valence-corrected chi connectivity index (χ3v) is 2.48. The van der Waals surface area contributed by atoms with Crippen LogP contribution in [-0.2, 0) is 16.0 Å². The Morgan fingerprint density at radius 2 is 2.00 bits per heavy atom. The molecule has 0 saturated heterocycles. The van der Waals surface area contributed by atoms with Crippen LogP contribution in [0.1, 0.15) is 36.2 Å². The van der Waals surface area contributed by atoms with Crippen molar-refractivity contribution in [1.82, 2.24) is 0 Å². The van der Waals surface area contributed by atoms with Crippen molar-refractivity contribution in [1.29, 1.82) is 0 Å². The van der Waals surface area contributed by atoms with Gasteiger partial charge in [-0.05, 0) is 38.0 Å². The largest absolute Gasteiger partial charge is 0.490 e. The molecule has 1 aromatic carbocycles. The summed E-state index contributed by atoms with van der Waals surface area (Å²) in [5.74, 6) is -1.03. The molecule has 5 nitrogen and oxygen atoms in total. The van der Waals surface area contributed by atoms with E-state index in [2.05, 4.69) is 4.74 Å². The van der Waals surface area contributed by atoms with Gasteiger partial charge in [-0.25, -0.2) is 4.79 Å². The zero-order valence-electron chi connectivity index (χ0n) is 11.3. The minimum atomic E-state index is -1.05. The molecular weight excluding hydrogens is 248 g/mol. The number of carbonyl (C=O) groups is 2. The van der Waals surface area contributed by atoms with E-state index < -0.39 is 5.97 Å². The van der Waals surface area contributed by atoms with Gasteiger partial charge in [0.05, 0.1) is 13.2 Å². The van der Waals surface area contributed by atoms with Crippen molar-refractivity contribution in [2.24, 2.45) is 0 Å². The van der Waals surface area contributed by atoms with Crippen LogP contribution in [0.15, 0.2) is 18.2 Å². The van der Waals surface area contributed by atoms with Gasteiger partial charge in [-0.1, -0.05) is 6.07 Å². The number of esters is 1. The Balaban J connectivity index is 2.89. The molecule has 104 valence electrons. The maximum absolute atomic E-state index is 11.2. The van der Waals surface area contributed by atoms with Gasteiger partial charge in [0.1, 0.15) is 11.3 Å². The van der Waals surface area contributed by atoms with E-state index in [1.165, 1.54) is 13.2 Å². The Labute approximate surface area is 112 Å². The Kier molecular flexibility index (Phi) is 5.36. The molecule has 0 aromatic heterocycles. The molecule has 0 aliphatic carbocycles. The van der Waals surface area contributed by atoms with E-state index in [0.717, 1.165) is 5.56 Å². The number of hydrogen-bond donors (Lipinski definition) is 1. The molecule has 0 saturated carbocycles. The van der Waals surface area contributed by atoms with Crippen molar-refractivity contribution in [3.8, 4) is 5.75 Å². The number of rotatable bonds is 6. The normalized spacial score (nSPS) is 10.3. The minimum Gasteiger partial charge on any atom is -0.490 e. The molecular formula is C14H18O5. The van der Waals surface area contributed by atoms with Gasteiger partial charge in [-0.3, -0.25) is 4.79 Å². The molecule has 0 aliphatic rings. The van der Waals surface area contributed by atoms with Crippen LogP contribution in [0.4, 0.5) is 0 Å². The van der Waals surface area contributed by atoms with Gasteiger partial charge in [-0.2, -0.15) is 0 Å². The maximum atomic E-state index is 11.2. The van der Waals surface area contributed by atoms with Crippen LogP contribution in [0.3, 0.4) is 0 Å². The summed E-state index contributed by atoms with van der Waals surface area (Å²) in [6, 6.07) is 4.91. The quantitative estimate of drug-likeness (QED) is 0.800. The van der Waals surface area contributed by atoms with Gasteiger partial charge in [0, 0.05) is 6.42 Å². The molecule has 0 heterocycles. The second-order valence-electron chi connectivity index (χ2n) is 4.38. The lowest BCUT2D eigenvalue weighted by Gasteiger charge is -2.13. The number of hydrogen-bond acceptors (Lipinski definition) is 4. The second-order valence-corrected chi connectivity index (χ2v) is 4.38. The first kappa shape index (κ1) is 15.0. The van der Waals surface area contributed by atoms with Crippen molar-refractivity contribution < 1.29 is 24.2 Å². The molecule has 0 radical (unpaired) electrons. The number of aryl methyl sites for hydroxylation is 1. The van der Waals surface area contributed by atoms with Crippen molar-refractivity contribution in [3.63, 3.8) is 0 Å². The topological polar surface area (TPSA) is 72.8 Å². The van der Waals surface area contributed by atoms with Crippen molar-refractivity contribution >= 4 is 11.9 Å². The van der Waals surface area contributed by atoms with Gasteiger partial charge in [0.15, 0.2) is 0 Å². The summed E-state index contributed by atoms with van der Waals surface area (Å²) in [6.45, 7) is 3.66. The molecule has 0 fully saturated rings. The summed E-state index contributed by atoms with van der Waals surface area (Å²) in [4.78, 5) is 22.2. The fraction of sp³-hybridized carbons (Fsp3) is 0.429. The number of ether oxygens (including phenoxy) is 2. The molecule has 0 spiro atoms. The maximum Gasteiger partial charge on any atom is 0.339 e. The molecule has 0 aliphatic heterocycles. The zero-order chi connectivity index (χ0) is 14.4. The van der Waals surface area contributed by atoms with E-state index in [9.17, 15) is 9.59 Å². The Morgan fingerprint density at radius 3 is 2.53 bits per heavy atom. The summed E-state index contributed by atoms with van der Waals surface area (Å²) in [5.41, 5.74) is 0.870. The highest BCUT2D eigenvalue weighted by Gasteiger charge is 2.14. The summed E-state index contributed by atoms with van der Waals surface area (Å²) in [5, 5.41) is 9.15. The molecule has 0 bridgehead atoms. The van der Waals surface area contributed by atoms with Crippen LogP contribution in [0.5, 0.6) is 5.75 Å². The lowest BCUT2D eigenvalue weighted by atomic mass is 10.1. The van der Waals surface area contributed by atoms with E-state index in [-0.39, 0.29) is 24.1 Å². The van der Waals surface area contributed by atoms with Gasteiger partial charge in [-0.15, -0.1) is 0 Å². The molecule has 5 heteroatoms. The van der Waals surface area contributed by atoms with Gasteiger partial charge in [0.2, 0.25) is 0 Å². The predicted molar refractivity (Wildman–Crippen MR) is 69.5 cm³/mol. The monoisotopic (exact) mass is 266 g/mol. The predicted octanol–water partition coefficient (Wildman–Crippen LogP) is 2.28. The van der Waals surface area contributed by atoms with Gasteiger partial charge >= 0.3 is 11.9 Å². The van der Waals surface area contributed by atoms with E-state index in [1.807, 2.05) is 13.8 Å². The van der Waals surface area contributed by atoms with E-state index >= 15 is 0 Å². The number of methoxy groups -OCH3 is 1. The zero-order valence-corrected chi connectivity index (χ0v) is 11.3. The Bertz CT molecular complexity index is 465. The number of aromatic carboxylic acids is 1. The summed E-state index contributed by atoms with van der Waals surface area (Å²) < 4.78 is 9.98. The Morgan fingerprint density at radius 1 is 1.32 bits per heavy atom. The fourth-order valence-corrected chi connectivity index (χ4v) is 1.60. The molecule has 19 heavy (non-hydrogen) atoms. The van der Waals surface area contributed by atoms with Crippen LogP contribution >= 0.6 is 0 Å².